The predicted octanol–water partition coefficient (Wildman–Crippen LogP) is 2.65. The fourth-order valence-electron chi connectivity index (χ4n) is 1.83. The normalized spacial score (nSPS) is 25.1. The van der Waals surface area contributed by atoms with E-state index in [1.54, 1.807) is 7.11 Å². The highest BCUT2D eigenvalue weighted by molar-refractivity contribution is 5.48. The molecule has 0 spiro atoms. The van der Waals surface area contributed by atoms with E-state index in [1.807, 2.05) is 12.1 Å². The maximum Gasteiger partial charge on any atom is 0.164 e. The molecule has 2 rings (SSSR count). The molecule has 0 radical (unpaired) electrons. The van der Waals surface area contributed by atoms with Gasteiger partial charge in [-0.1, -0.05) is 19.1 Å². The van der Waals surface area contributed by atoms with Gasteiger partial charge in [-0.05, 0) is 30.9 Å². The number of hydrogen-bond donors (Lipinski definition) is 0. The van der Waals surface area contributed by atoms with Gasteiger partial charge in [0, 0.05) is 0 Å². The van der Waals surface area contributed by atoms with E-state index in [1.165, 1.54) is 5.56 Å². The van der Waals surface area contributed by atoms with Crippen LogP contribution in [0.25, 0.3) is 0 Å². The first-order valence-corrected chi connectivity index (χ1v) is 5.05. The molecular weight excluding hydrogens is 176 g/mol. The first kappa shape index (κ1) is 9.38. The van der Waals surface area contributed by atoms with Crippen LogP contribution < -0.4 is 9.47 Å². The van der Waals surface area contributed by atoms with Crippen molar-refractivity contribution in [2.45, 2.75) is 26.4 Å². The summed E-state index contributed by atoms with van der Waals surface area (Å²) in [6.45, 7) is 4.33. The van der Waals surface area contributed by atoms with Crippen LogP contribution >= 0.6 is 0 Å². The van der Waals surface area contributed by atoms with Crippen LogP contribution in [0.5, 0.6) is 11.5 Å². The van der Waals surface area contributed by atoms with Crippen molar-refractivity contribution in [3.05, 3.63) is 23.8 Å². The number of benzene rings is 1. The minimum Gasteiger partial charge on any atom is -0.493 e. The van der Waals surface area contributed by atoms with Crippen molar-refractivity contribution >= 4 is 0 Å². The SMILES string of the molecule is COc1cccc2c1O[C@@H](C)[C@H](C)C2. The Morgan fingerprint density at radius 2 is 2.14 bits per heavy atom. The summed E-state index contributed by atoms with van der Waals surface area (Å²) < 4.78 is 11.1. The first-order valence-electron chi connectivity index (χ1n) is 5.05. The molecule has 0 saturated carbocycles. The summed E-state index contributed by atoms with van der Waals surface area (Å²) in [6.07, 6.45) is 1.35. The molecule has 14 heavy (non-hydrogen) atoms. The Morgan fingerprint density at radius 3 is 2.86 bits per heavy atom. The standard InChI is InChI=1S/C12H16O2/c1-8-7-10-5-4-6-11(13-3)12(10)14-9(8)2/h4-6,8-9H,7H2,1-3H3/t8-,9+/m1/s1. The first-order chi connectivity index (χ1) is 6.72. The van der Waals surface area contributed by atoms with Gasteiger partial charge in [-0.15, -0.1) is 0 Å². The molecule has 2 atom stereocenters. The Kier molecular flexibility index (Phi) is 2.36. The van der Waals surface area contributed by atoms with Crippen LogP contribution in [0.3, 0.4) is 0 Å². The van der Waals surface area contributed by atoms with E-state index in [0.29, 0.717) is 5.92 Å². The Labute approximate surface area is 84.8 Å². The van der Waals surface area contributed by atoms with Gasteiger partial charge in [0.2, 0.25) is 0 Å². The number of ether oxygens (including phenoxy) is 2. The number of rotatable bonds is 1. The van der Waals surface area contributed by atoms with Gasteiger partial charge >= 0.3 is 0 Å². The number of fused-ring (bicyclic) bond motifs is 1. The molecule has 0 aromatic heterocycles. The van der Waals surface area contributed by atoms with Crippen LogP contribution in [-0.2, 0) is 6.42 Å². The van der Waals surface area contributed by atoms with Gasteiger partial charge in [-0.2, -0.15) is 0 Å². The monoisotopic (exact) mass is 192 g/mol. The van der Waals surface area contributed by atoms with Crippen molar-refractivity contribution in [2.24, 2.45) is 5.92 Å². The highest BCUT2D eigenvalue weighted by Crippen LogP contribution is 2.37. The van der Waals surface area contributed by atoms with Crippen molar-refractivity contribution in [2.75, 3.05) is 7.11 Å². The molecule has 1 aromatic carbocycles. The lowest BCUT2D eigenvalue weighted by atomic mass is 9.93. The zero-order valence-corrected chi connectivity index (χ0v) is 8.91. The summed E-state index contributed by atoms with van der Waals surface area (Å²) in [6, 6.07) is 6.07. The Balaban J connectivity index is 2.41. The van der Waals surface area contributed by atoms with Crippen molar-refractivity contribution in [3.8, 4) is 11.5 Å². The van der Waals surface area contributed by atoms with Gasteiger partial charge in [0.1, 0.15) is 0 Å². The fraction of sp³-hybridized carbons (Fsp3) is 0.500. The van der Waals surface area contributed by atoms with Gasteiger partial charge in [0.25, 0.3) is 0 Å². The average Bonchev–Trinajstić information content (AvgIpc) is 2.19. The Bertz CT molecular complexity index is 333. The molecule has 1 aromatic rings. The molecule has 0 aliphatic carbocycles. The molecule has 0 saturated heterocycles. The molecule has 2 heteroatoms. The average molecular weight is 192 g/mol. The lowest BCUT2D eigenvalue weighted by molar-refractivity contribution is 0.134. The smallest absolute Gasteiger partial charge is 0.164 e. The summed E-state index contributed by atoms with van der Waals surface area (Å²) in [4.78, 5) is 0. The quantitative estimate of drug-likeness (QED) is 0.681. The molecule has 76 valence electrons. The van der Waals surface area contributed by atoms with Gasteiger partial charge in [0.15, 0.2) is 11.5 Å². The van der Waals surface area contributed by atoms with Crippen molar-refractivity contribution in [1.29, 1.82) is 0 Å². The highest BCUT2D eigenvalue weighted by Gasteiger charge is 2.25. The molecule has 1 heterocycles. The lowest BCUT2D eigenvalue weighted by Gasteiger charge is -2.29. The van der Waals surface area contributed by atoms with E-state index in [4.69, 9.17) is 9.47 Å². The summed E-state index contributed by atoms with van der Waals surface area (Å²) in [5.74, 6) is 2.36. The molecule has 0 fully saturated rings. The third-order valence-corrected chi connectivity index (χ3v) is 2.93. The van der Waals surface area contributed by atoms with Gasteiger partial charge in [-0.25, -0.2) is 0 Å². The summed E-state index contributed by atoms with van der Waals surface area (Å²) in [5, 5.41) is 0. The summed E-state index contributed by atoms with van der Waals surface area (Å²) in [7, 11) is 1.68. The fourth-order valence-corrected chi connectivity index (χ4v) is 1.83. The van der Waals surface area contributed by atoms with Gasteiger partial charge in [-0.3, -0.25) is 0 Å². The van der Waals surface area contributed by atoms with Crippen LogP contribution in [0.2, 0.25) is 0 Å². The van der Waals surface area contributed by atoms with E-state index >= 15 is 0 Å². The van der Waals surface area contributed by atoms with E-state index in [0.717, 1.165) is 17.9 Å². The maximum absolute atomic E-state index is 5.84. The topological polar surface area (TPSA) is 18.5 Å². The van der Waals surface area contributed by atoms with Crippen LogP contribution in [0.15, 0.2) is 18.2 Å². The molecule has 0 unspecified atom stereocenters. The van der Waals surface area contributed by atoms with E-state index in [9.17, 15) is 0 Å². The highest BCUT2D eigenvalue weighted by atomic mass is 16.5. The van der Waals surface area contributed by atoms with E-state index in [-0.39, 0.29) is 6.10 Å². The van der Waals surface area contributed by atoms with E-state index in [2.05, 4.69) is 19.9 Å². The van der Waals surface area contributed by atoms with Crippen LogP contribution in [0.4, 0.5) is 0 Å². The Hall–Kier alpha value is -1.18. The molecule has 1 aliphatic heterocycles. The molecule has 1 aliphatic rings. The van der Waals surface area contributed by atoms with E-state index < -0.39 is 0 Å². The van der Waals surface area contributed by atoms with Crippen LogP contribution in [0, 0.1) is 5.92 Å². The second-order valence-electron chi connectivity index (χ2n) is 3.95. The minimum atomic E-state index is 0.277. The van der Waals surface area contributed by atoms with Crippen molar-refractivity contribution in [1.82, 2.24) is 0 Å². The second-order valence-corrected chi connectivity index (χ2v) is 3.95. The zero-order chi connectivity index (χ0) is 10.1. The summed E-state index contributed by atoms with van der Waals surface area (Å²) >= 11 is 0. The van der Waals surface area contributed by atoms with Crippen LogP contribution in [0.1, 0.15) is 19.4 Å². The van der Waals surface area contributed by atoms with Crippen molar-refractivity contribution < 1.29 is 9.47 Å². The Morgan fingerprint density at radius 1 is 1.36 bits per heavy atom. The summed E-state index contributed by atoms with van der Waals surface area (Å²) in [5.41, 5.74) is 1.26. The molecule has 0 N–H and O–H groups in total. The molecule has 0 bridgehead atoms. The predicted molar refractivity (Wildman–Crippen MR) is 56.0 cm³/mol. The van der Waals surface area contributed by atoms with Crippen molar-refractivity contribution in [3.63, 3.8) is 0 Å². The number of hydrogen-bond acceptors (Lipinski definition) is 2. The van der Waals surface area contributed by atoms with Gasteiger partial charge < -0.3 is 9.47 Å². The second kappa shape index (κ2) is 3.52. The number of methoxy groups -OCH3 is 1. The largest absolute Gasteiger partial charge is 0.493 e. The third-order valence-electron chi connectivity index (χ3n) is 2.93. The maximum atomic E-state index is 5.84. The number of para-hydroxylation sites is 1. The lowest BCUT2D eigenvalue weighted by Crippen LogP contribution is -2.28. The molecular formula is C12H16O2. The zero-order valence-electron chi connectivity index (χ0n) is 8.91. The molecule has 0 amide bonds. The third kappa shape index (κ3) is 1.45. The van der Waals surface area contributed by atoms with Gasteiger partial charge in [0.05, 0.1) is 13.2 Å². The molecule has 2 nitrogen and oxygen atoms in total. The van der Waals surface area contributed by atoms with Crippen LogP contribution in [-0.4, -0.2) is 13.2 Å². The minimum absolute atomic E-state index is 0.277.